The van der Waals surface area contributed by atoms with Gasteiger partial charge in [-0.25, -0.2) is 4.79 Å². The van der Waals surface area contributed by atoms with Crippen molar-refractivity contribution in [3.05, 3.63) is 106 Å². The molecule has 0 saturated heterocycles. The number of nitrogens with zero attached hydrogens (tertiary/aromatic N) is 1. The summed E-state index contributed by atoms with van der Waals surface area (Å²) in [5.41, 5.74) is 4.90. The van der Waals surface area contributed by atoms with Crippen molar-refractivity contribution < 1.29 is 19.1 Å². The van der Waals surface area contributed by atoms with Gasteiger partial charge in [-0.05, 0) is 54.4 Å². The molecule has 0 radical (unpaired) electrons. The van der Waals surface area contributed by atoms with Crippen LogP contribution in [0.2, 0.25) is 5.02 Å². The molecule has 5 rings (SSSR count). The molecule has 0 spiro atoms. The Balaban J connectivity index is 1.39. The standard InChI is InChI=1S/C27H22ClNO4/c1-17-5-9-21(10-6-17)29-24-16-33-27(31)26(24)23(14-25(29)30)19-7-11-22(12-8-19)32-15-18-3-2-4-20(28)13-18/h2-13,23H,14-16H2,1H3. The highest BCUT2D eigenvalue weighted by atomic mass is 35.5. The number of halogens is 1. The molecule has 166 valence electrons. The predicted molar refractivity (Wildman–Crippen MR) is 126 cm³/mol. The summed E-state index contributed by atoms with van der Waals surface area (Å²) in [6.07, 6.45) is 0.199. The van der Waals surface area contributed by atoms with Gasteiger partial charge >= 0.3 is 5.97 Å². The molecule has 5 nitrogen and oxygen atoms in total. The van der Waals surface area contributed by atoms with Gasteiger partial charge in [0.15, 0.2) is 0 Å². The Morgan fingerprint density at radius 1 is 1.03 bits per heavy atom. The van der Waals surface area contributed by atoms with Crippen molar-refractivity contribution in [2.24, 2.45) is 0 Å². The molecule has 0 N–H and O–H groups in total. The molecule has 1 amide bonds. The Bertz CT molecular complexity index is 1250. The molecule has 6 heteroatoms. The molecule has 0 fully saturated rings. The van der Waals surface area contributed by atoms with E-state index in [-0.39, 0.29) is 30.8 Å². The van der Waals surface area contributed by atoms with Crippen LogP contribution in [0.1, 0.15) is 29.0 Å². The largest absolute Gasteiger partial charge is 0.489 e. The Labute approximate surface area is 197 Å². The van der Waals surface area contributed by atoms with Crippen LogP contribution in [0, 0.1) is 6.92 Å². The van der Waals surface area contributed by atoms with Crippen LogP contribution in [0.4, 0.5) is 5.69 Å². The fourth-order valence-electron chi connectivity index (χ4n) is 4.32. The van der Waals surface area contributed by atoms with E-state index in [0.717, 1.165) is 22.4 Å². The molecule has 1 atom stereocenters. The molecule has 3 aromatic rings. The fourth-order valence-corrected chi connectivity index (χ4v) is 4.53. The maximum Gasteiger partial charge on any atom is 0.336 e. The fraction of sp³-hybridized carbons (Fsp3) is 0.185. The van der Waals surface area contributed by atoms with E-state index < -0.39 is 0 Å². The van der Waals surface area contributed by atoms with E-state index in [4.69, 9.17) is 21.1 Å². The zero-order valence-corrected chi connectivity index (χ0v) is 18.8. The SMILES string of the molecule is Cc1ccc(N2C(=O)CC(c3ccc(OCc4cccc(Cl)c4)cc3)C3=C2COC3=O)cc1. The molecule has 0 saturated carbocycles. The Morgan fingerprint density at radius 2 is 1.79 bits per heavy atom. The normalized spacial score (nSPS) is 17.8. The van der Waals surface area contributed by atoms with Crippen molar-refractivity contribution >= 4 is 29.2 Å². The Kier molecular flexibility index (Phi) is 5.65. The van der Waals surface area contributed by atoms with Gasteiger partial charge in [0.05, 0.1) is 11.3 Å². The summed E-state index contributed by atoms with van der Waals surface area (Å²) < 4.78 is 11.2. The van der Waals surface area contributed by atoms with Gasteiger partial charge in [-0.3, -0.25) is 9.69 Å². The third-order valence-corrected chi connectivity index (χ3v) is 6.22. The zero-order valence-electron chi connectivity index (χ0n) is 18.1. The molecule has 2 aliphatic heterocycles. The van der Waals surface area contributed by atoms with Crippen LogP contribution >= 0.6 is 11.6 Å². The number of rotatable bonds is 5. The molecule has 2 aliphatic rings. The lowest BCUT2D eigenvalue weighted by molar-refractivity contribution is -0.136. The van der Waals surface area contributed by atoms with Crippen LogP contribution in [0.5, 0.6) is 5.75 Å². The highest BCUT2D eigenvalue weighted by Gasteiger charge is 2.42. The van der Waals surface area contributed by atoms with Gasteiger partial charge in [-0.15, -0.1) is 0 Å². The van der Waals surface area contributed by atoms with E-state index in [1.54, 1.807) is 4.90 Å². The number of cyclic esters (lactones) is 1. The number of carbonyl (C=O) groups is 2. The van der Waals surface area contributed by atoms with Gasteiger partial charge in [0.2, 0.25) is 5.91 Å². The number of hydrogen-bond donors (Lipinski definition) is 0. The number of anilines is 1. The first kappa shape index (κ1) is 21.3. The second-order valence-electron chi connectivity index (χ2n) is 8.25. The van der Waals surface area contributed by atoms with Gasteiger partial charge in [0.25, 0.3) is 0 Å². The lowest BCUT2D eigenvalue weighted by atomic mass is 9.84. The van der Waals surface area contributed by atoms with E-state index >= 15 is 0 Å². The van der Waals surface area contributed by atoms with Crippen LogP contribution in [0.25, 0.3) is 0 Å². The lowest BCUT2D eigenvalue weighted by Crippen LogP contribution is -2.37. The number of benzene rings is 3. The van der Waals surface area contributed by atoms with Gasteiger partial charge in [-0.2, -0.15) is 0 Å². The monoisotopic (exact) mass is 459 g/mol. The average Bonchev–Trinajstić information content (AvgIpc) is 3.20. The van der Waals surface area contributed by atoms with E-state index in [0.29, 0.717) is 28.6 Å². The first-order valence-corrected chi connectivity index (χ1v) is 11.1. The number of esters is 1. The maximum atomic E-state index is 13.2. The Hall–Kier alpha value is -3.57. The van der Waals surface area contributed by atoms with Crippen molar-refractivity contribution in [3.8, 4) is 5.75 Å². The lowest BCUT2D eigenvalue weighted by Gasteiger charge is -2.32. The van der Waals surface area contributed by atoms with Crippen LogP contribution < -0.4 is 9.64 Å². The smallest absolute Gasteiger partial charge is 0.336 e. The summed E-state index contributed by atoms with van der Waals surface area (Å²) in [6.45, 7) is 2.49. The van der Waals surface area contributed by atoms with Crippen molar-refractivity contribution in [3.63, 3.8) is 0 Å². The van der Waals surface area contributed by atoms with Crippen molar-refractivity contribution in [1.29, 1.82) is 0 Å². The van der Waals surface area contributed by atoms with Gasteiger partial charge in [-0.1, -0.05) is 53.6 Å². The number of aryl methyl sites for hydroxylation is 1. The second-order valence-corrected chi connectivity index (χ2v) is 8.68. The summed E-state index contributed by atoms with van der Waals surface area (Å²) in [4.78, 5) is 27.4. The van der Waals surface area contributed by atoms with Crippen molar-refractivity contribution in [2.75, 3.05) is 11.5 Å². The molecular formula is C27H22ClNO4. The maximum absolute atomic E-state index is 13.2. The van der Waals surface area contributed by atoms with E-state index in [1.807, 2.05) is 79.7 Å². The second kappa shape index (κ2) is 8.75. The highest BCUT2D eigenvalue weighted by Crippen LogP contribution is 2.42. The summed E-state index contributed by atoms with van der Waals surface area (Å²) in [7, 11) is 0. The molecule has 0 aliphatic carbocycles. The Morgan fingerprint density at radius 3 is 2.52 bits per heavy atom. The first-order chi connectivity index (χ1) is 16.0. The third kappa shape index (κ3) is 4.24. The average molecular weight is 460 g/mol. The highest BCUT2D eigenvalue weighted by molar-refractivity contribution is 6.30. The van der Waals surface area contributed by atoms with Crippen molar-refractivity contribution in [1.82, 2.24) is 0 Å². The molecule has 1 unspecified atom stereocenters. The molecule has 0 bridgehead atoms. The van der Waals surface area contributed by atoms with E-state index in [1.165, 1.54) is 0 Å². The molecule has 2 heterocycles. The van der Waals surface area contributed by atoms with E-state index in [9.17, 15) is 9.59 Å². The first-order valence-electron chi connectivity index (χ1n) is 10.8. The predicted octanol–water partition coefficient (Wildman–Crippen LogP) is 5.56. The van der Waals surface area contributed by atoms with Crippen LogP contribution in [-0.4, -0.2) is 18.5 Å². The number of hydrogen-bond acceptors (Lipinski definition) is 4. The van der Waals surface area contributed by atoms with Gasteiger partial charge in [0.1, 0.15) is 19.0 Å². The summed E-state index contributed by atoms with van der Waals surface area (Å²) in [6, 6.07) is 22.7. The molecule has 3 aromatic carbocycles. The summed E-state index contributed by atoms with van der Waals surface area (Å²) in [5, 5.41) is 0.667. The third-order valence-electron chi connectivity index (χ3n) is 5.99. The van der Waals surface area contributed by atoms with Crippen molar-refractivity contribution in [2.45, 2.75) is 25.9 Å². The minimum Gasteiger partial charge on any atom is -0.489 e. The number of ether oxygens (including phenoxy) is 2. The summed E-state index contributed by atoms with van der Waals surface area (Å²) in [5.74, 6) is -0.0559. The van der Waals surface area contributed by atoms with Gasteiger partial charge in [0, 0.05) is 23.0 Å². The molecule has 0 aromatic heterocycles. The number of amides is 1. The minimum absolute atomic E-state index is 0.0535. The van der Waals surface area contributed by atoms with Crippen LogP contribution in [-0.2, 0) is 20.9 Å². The molecular weight excluding hydrogens is 438 g/mol. The zero-order chi connectivity index (χ0) is 22.9. The quantitative estimate of drug-likeness (QED) is 0.469. The van der Waals surface area contributed by atoms with Crippen LogP contribution in [0.15, 0.2) is 84.1 Å². The topological polar surface area (TPSA) is 55.8 Å². The molecule has 33 heavy (non-hydrogen) atoms. The van der Waals surface area contributed by atoms with Crippen LogP contribution in [0.3, 0.4) is 0 Å². The van der Waals surface area contributed by atoms with E-state index in [2.05, 4.69) is 0 Å². The number of carbonyl (C=O) groups excluding carboxylic acids is 2. The minimum atomic E-state index is -0.360. The summed E-state index contributed by atoms with van der Waals surface area (Å²) >= 11 is 6.03. The van der Waals surface area contributed by atoms with Gasteiger partial charge < -0.3 is 9.47 Å².